The molecule has 0 aliphatic rings. The summed E-state index contributed by atoms with van der Waals surface area (Å²) in [5.41, 5.74) is 2.20. The summed E-state index contributed by atoms with van der Waals surface area (Å²) in [5.74, 6) is 2.53. The predicted octanol–water partition coefficient (Wildman–Crippen LogP) is 4.02. The zero-order valence-electron chi connectivity index (χ0n) is 11.1. The number of rotatable bonds is 2. The molecule has 20 heavy (non-hydrogen) atoms. The number of aryl methyl sites for hydroxylation is 1. The number of halogens is 2. The predicted molar refractivity (Wildman–Crippen MR) is 74.4 cm³/mol. The molecule has 2 aromatic rings. The van der Waals surface area contributed by atoms with E-state index in [9.17, 15) is 8.78 Å². The van der Waals surface area contributed by atoms with E-state index in [2.05, 4.69) is 18.8 Å². The lowest BCUT2D eigenvalue weighted by molar-refractivity contribution is 0.396. The summed E-state index contributed by atoms with van der Waals surface area (Å²) in [6.45, 7) is 2.11. The van der Waals surface area contributed by atoms with Gasteiger partial charge in [-0.1, -0.05) is 37.3 Å². The zero-order valence-corrected chi connectivity index (χ0v) is 11.1. The van der Waals surface area contributed by atoms with Crippen LogP contribution in [0.5, 0.6) is 5.75 Å². The van der Waals surface area contributed by atoms with Crippen molar-refractivity contribution < 1.29 is 13.9 Å². The Morgan fingerprint density at radius 2 is 1.50 bits per heavy atom. The third-order valence-corrected chi connectivity index (χ3v) is 2.86. The standard InChI is InChI=1S/C17H14F2O/c1-2-3-12-4-6-13(7-5-12)8-9-14-10-15(18)17(20)16(19)11-14/h4-7,10-11,20H,2-3H2,1H3. The Labute approximate surface area is 116 Å². The van der Waals surface area contributed by atoms with E-state index in [1.807, 2.05) is 24.3 Å². The Balaban J connectivity index is 2.22. The van der Waals surface area contributed by atoms with Crippen molar-refractivity contribution in [2.75, 3.05) is 0 Å². The molecule has 0 atom stereocenters. The second kappa shape index (κ2) is 6.21. The van der Waals surface area contributed by atoms with Crippen molar-refractivity contribution in [2.24, 2.45) is 0 Å². The molecule has 0 bridgehead atoms. The van der Waals surface area contributed by atoms with E-state index >= 15 is 0 Å². The van der Waals surface area contributed by atoms with Crippen molar-refractivity contribution in [1.29, 1.82) is 0 Å². The highest BCUT2D eigenvalue weighted by Crippen LogP contribution is 2.20. The van der Waals surface area contributed by atoms with Gasteiger partial charge in [-0.25, -0.2) is 8.78 Å². The first kappa shape index (κ1) is 14.1. The van der Waals surface area contributed by atoms with Crippen molar-refractivity contribution in [3.05, 3.63) is 64.7 Å². The lowest BCUT2D eigenvalue weighted by Crippen LogP contribution is -1.86. The average Bonchev–Trinajstić information content (AvgIpc) is 2.44. The molecule has 102 valence electrons. The molecule has 1 N–H and O–H groups in total. The maximum absolute atomic E-state index is 13.1. The summed E-state index contributed by atoms with van der Waals surface area (Å²) in [6, 6.07) is 9.76. The average molecular weight is 272 g/mol. The van der Waals surface area contributed by atoms with Crippen LogP contribution < -0.4 is 0 Å². The van der Waals surface area contributed by atoms with Gasteiger partial charge in [-0.2, -0.15) is 0 Å². The molecule has 0 amide bonds. The molecule has 0 aliphatic heterocycles. The first-order valence-electron chi connectivity index (χ1n) is 6.39. The van der Waals surface area contributed by atoms with Gasteiger partial charge < -0.3 is 5.11 Å². The van der Waals surface area contributed by atoms with Crippen molar-refractivity contribution >= 4 is 0 Å². The van der Waals surface area contributed by atoms with E-state index in [0.29, 0.717) is 0 Å². The van der Waals surface area contributed by atoms with Crippen LogP contribution in [0.3, 0.4) is 0 Å². The fourth-order valence-electron chi connectivity index (χ4n) is 1.83. The third-order valence-electron chi connectivity index (χ3n) is 2.86. The van der Waals surface area contributed by atoms with Crippen LogP contribution in [0.25, 0.3) is 0 Å². The Hall–Kier alpha value is -2.34. The van der Waals surface area contributed by atoms with Gasteiger partial charge in [0.1, 0.15) is 0 Å². The summed E-state index contributed by atoms with van der Waals surface area (Å²) in [7, 11) is 0. The molecule has 0 aromatic heterocycles. The lowest BCUT2D eigenvalue weighted by Gasteiger charge is -1.99. The smallest absolute Gasteiger partial charge is 0.187 e. The Morgan fingerprint density at radius 3 is 2.05 bits per heavy atom. The quantitative estimate of drug-likeness (QED) is 0.819. The summed E-state index contributed by atoms with van der Waals surface area (Å²) in [5, 5.41) is 9.00. The topological polar surface area (TPSA) is 20.2 Å². The minimum atomic E-state index is -1.01. The molecule has 0 aliphatic carbocycles. The molecule has 0 spiro atoms. The van der Waals surface area contributed by atoms with Gasteiger partial charge in [0.2, 0.25) is 0 Å². The lowest BCUT2D eigenvalue weighted by atomic mass is 10.1. The summed E-state index contributed by atoms with van der Waals surface area (Å²) in [4.78, 5) is 0. The normalized spacial score (nSPS) is 9.95. The van der Waals surface area contributed by atoms with Crippen LogP contribution in [0, 0.1) is 23.5 Å². The maximum Gasteiger partial charge on any atom is 0.187 e. The number of aromatic hydroxyl groups is 1. The van der Waals surface area contributed by atoms with E-state index < -0.39 is 17.4 Å². The third kappa shape index (κ3) is 3.36. The Bertz CT molecular complexity index is 641. The molecule has 3 heteroatoms. The van der Waals surface area contributed by atoms with Crippen LogP contribution in [0.15, 0.2) is 36.4 Å². The van der Waals surface area contributed by atoms with E-state index in [-0.39, 0.29) is 5.56 Å². The summed E-state index contributed by atoms with van der Waals surface area (Å²) in [6.07, 6.45) is 2.10. The van der Waals surface area contributed by atoms with E-state index in [0.717, 1.165) is 30.5 Å². The largest absolute Gasteiger partial charge is 0.503 e. The van der Waals surface area contributed by atoms with Crippen molar-refractivity contribution in [2.45, 2.75) is 19.8 Å². The van der Waals surface area contributed by atoms with Crippen LogP contribution in [0.4, 0.5) is 8.78 Å². The molecular formula is C17H14F2O. The molecular weight excluding hydrogens is 258 g/mol. The van der Waals surface area contributed by atoms with Gasteiger partial charge in [-0.15, -0.1) is 0 Å². The fourth-order valence-corrected chi connectivity index (χ4v) is 1.83. The van der Waals surface area contributed by atoms with Crippen LogP contribution >= 0.6 is 0 Å². The first-order chi connectivity index (χ1) is 9.60. The maximum atomic E-state index is 13.1. The number of hydrogen-bond donors (Lipinski definition) is 1. The van der Waals surface area contributed by atoms with Gasteiger partial charge in [0.05, 0.1) is 0 Å². The molecule has 1 nitrogen and oxygen atoms in total. The Kier molecular flexibility index (Phi) is 4.37. The molecule has 0 saturated heterocycles. The highest BCUT2D eigenvalue weighted by molar-refractivity contribution is 5.45. The highest BCUT2D eigenvalue weighted by Gasteiger charge is 2.07. The molecule has 0 fully saturated rings. The van der Waals surface area contributed by atoms with Crippen molar-refractivity contribution in [3.63, 3.8) is 0 Å². The van der Waals surface area contributed by atoms with Crippen LogP contribution in [-0.4, -0.2) is 5.11 Å². The molecule has 0 radical (unpaired) electrons. The van der Waals surface area contributed by atoms with Crippen LogP contribution in [-0.2, 0) is 6.42 Å². The number of phenols is 1. The van der Waals surface area contributed by atoms with Gasteiger partial charge in [-0.3, -0.25) is 0 Å². The van der Waals surface area contributed by atoms with Crippen LogP contribution in [0.2, 0.25) is 0 Å². The summed E-state index contributed by atoms with van der Waals surface area (Å²) >= 11 is 0. The SMILES string of the molecule is CCCc1ccc(C#Cc2cc(F)c(O)c(F)c2)cc1. The van der Waals surface area contributed by atoms with Gasteiger partial charge in [0.25, 0.3) is 0 Å². The number of hydrogen-bond acceptors (Lipinski definition) is 1. The molecule has 0 unspecified atom stereocenters. The first-order valence-corrected chi connectivity index (χ1v) is 6.39. The van der Waals surface area contributed by atoms with Gasteiger partial charge in [0, 0.05) is 11.1 Å². The second-order valence-electron chi connectivity index (χ2n) is 4.49. The minimum Gasteiger partial charge on any atom is -0.503 e. The molecule has 0 saturated carbocycles. The minimum absolute atomic E-state index is 0.190. The Morgan fingerprint density at radius 1 is 0.950 bits per heavy atom. The van der Waals surface area contributed by atoms with Crippen molar-refractivity contribution in [1.82, 2.24) is 0 Å². The fraction of sp³-hybridized carbons (Fsp3) is 0.176. The van der Waals surface area contributed by atoms with Crippen LogP contribution in [0.1, 0.15) is 30.0 Å². The van der Waals surface area contributed by atoms with Gasteiger partial charge in [-0.05, 0) is 36.2 Å². The molecule has 2 rings (SSSR count). The second-order valence-corrected chi connectivity index (χ2v) is 4.49. The number of benzene rings is 2. The van der Waals surface area contributed by atoms with Crippen molar-refractivity contribution in [3.8, 4) is 17.6 Å². The molecule has 2 aromatic carbocycles. The summed E-state index contributed by atoms with van der Waals surface area (Å²) < 4.78 is 26.3. The van der Waals surface area contributed by atoms with Gasteiger partial charge in [0.15, 0.2) is 17.4 Å². The van der Waals surface area contributed by atoms with Gasteiger partial charge >= 0.3 is 0 Å². The highest BCUT2D eigenvalue weighted by atomic mass is 19.1. The van der Waals surface area contributed by atoms with E-state index in [4.69, 9.17) is 5.11 Å². The zero-order chi connectivity index (χ0) is 14.5. The number of phenolic OH excluding ortho intramolecular Hbond substituents is 1. The van der Waals surface area contributed by atoms with E-state index in [1.165, 1.54) is 5.56 Å². The van der Waals surface area contributed by atoms with E-state index in [1.54, 1.807) is 0 Å². The monoisotopic (exact) mass is 272 g/mol. The molecule has 0 heterocycles.